The van der Waals surface area contributed by atoms with E-state index in [1.165, 1.54) is 30.0 Å². The van der Waals surface area contributed by atoms with Crippen molar-refractivity contribution in [2.45, 2.75) is 55.6 Å². The summed E-state index contributed by atoms with van der Waals surface area (Å²) >= 11 is -1.30. The van der Waals surface area contributed by atoms with Crippen LogP contribution >= 0.6 is 19.8 Å². The number of amides is 1. The molecule has 3 aromatic heterocycles. The molecular weight excluding hydrogens is 653 g/mol. The van der Waals surface area contributed by atoms with Crippen LogP contribution in [0.15, 0.2) is 61.3 Å². The van der Waals surface area contributed by atoms with Crippen LogP contribution in [0.25, 0.3) is 28.2 Å². The van der Waals surface area contributed by atoms with Crippen molar-refractivity contribution in [3.05, 3.63) is 78.1 Å². The zero-order valence-corrected chi connectivity index (χ0v) is 26.0. The second-order valence-electron chi connectivity index (χ2n) is 12.3. The van der Waals surface area contributed by atoms with Crippen LogP contribution in [0.3, 0.4) is 0 Å². The molecule has 0 spiro atoms. The molecular formula is C33H34IN7O2. The summed E-state index contributed by atoms with van der Waals surface area (Å²) in [6.45, 7) is 6.19. The van der Waals surface area contributed by atoms with E-state index in [2.05, 4.69) is 51.8 Å². The Balaban J connectivity index is 1.03. The van der Waals surface area contributed by atoms with Crippen LogP contribution in [0.4, 0.5) is 5.82 Å². The number of nitrogens with two attached hydrogens (primary N) is 1. The van der Waals surface area contributed by atoms with Crippen LogP contribution in [-0.2, 0) is 16.0 Å². The van der Waals surface area contributed by atoms with E-state index in [0.717, 1.165) is 66.5 Å². The number of imidazole rings is 1. The van der Waals surface area contributed by atoms with E-state index in [1.807, 2.05) is 17.0 Å². The summed E-state index contributed by atoms with van der Waals surface area (Å²) in [5.74, 6) is 1.86. The second kappa shape index (κ2) is 9.83. The normalized spacial score (nSPS) is 28.0. The summed E-state index contributed by atoms with van der Waals surface area (Å²) in [7, 11) is 0. The van der Waals surface area contributed by atoms with Gasteiger partial charge in [0.05, 0.1) is 0 Å². The SMILES string of the molecule is C=CC(=O)N1C[C@@H]2COC3C(N[C@H]4CCc5cc(-n6c(-c7cccnc7N)nc7ccc(C8CC8)nc76)ccc54)I2[C@H]3C1. The Labute approximate surface area is 257 Å². The molecule has 4 bridgehead atoms. The molecule has 43 heavy (non-hydrogen) atoms. The summed E-state index contributed by atoms with van der Waals surface area (Å²) < 4.78 is 10.1. The number of hydrogen-bond acceptors (Lipinski definition) is 7. The number of halogens is 1. The van der Waals surface area contributed by atoms with Crippen LogP contribution in [0.2, 0.25) is 0 Å². The average Bonchev–Trinajstić information content (AvgIpc) is 3.70. The number of nitrogens with one attached hydrogen (secondary N) is 1. The van der Waals surface area contributed by atoms with E-state index in [0.29, 0.717) is 29.7 Å². The molecule has 10 rings (SSSR count). The molecule has 220 valence electrons. The molecule has 5 atom stereocenters. The Hall–Kier alpha value is -3.35. The quantitative estimate of drug-likeness (QED) is 0.133. The molecule has 1 saturated carbocycles. The molecule has 4 aromatic rings. The summed E-state index contributed by atoms with van der Waals surface area (Å²) in [6.07, 6.45) is 7.92. The second-order valence-corrected chi connectivity index (χ2v) is 19.2. The predicted octanol–water partition coefficient (Wildman–Crippen LogP) is 4.53. The van der Waals surface area contributed by atoms with E-state index in [-0.39, 0.29) is 12.0 Å². The number of nitrogen functional groups attached to an aromatic ring is 1. The number of carbonyl (C=O) groups excluding carboxylic acids is 1. The van der Waals surface area contributed by atoms with Crippen LogP contribution in [0.5, 0.6) is 0 Å². The molecule has 4 aliphatic heterocycles. The molecule has 6 aliphatic rings. The van der Waals surface area contributed by atoms with Crippen molar-refractivity contribution in [2.24, 2.45) is 0 Å². The third-order valence-corrected chi connectivity index (χ3v) is 18.1. The van der Waals surface area contributed by atoms with Gasteiger partial charge in [0, 0.05) is 6.20 Å². The van der Waals surface area contributed by atoms with Crippen LogP contribution < -0.4 is 11.1 Å². The Bertz CT molecular complexity index is 1790. The first kappa shape index (κ1) is 26.1. The van der Waals surface area contributed by atoms with Crippen molar-refractivity contribution >= 4 is 42.7 Å². The van der Waals surface area contributed by atoms with E-state index in [4.69, 9.17) is 20.4 Å². The number of pyridine rings is 2. The fourth-order valence-corrected chi connectivity index (χ4v) is 16.5. The van der Waals surface area contributed by atoms with Crippen LogP contribution in [0, 0.1) is 0 Å². The van der Waals surface area contributed by atoms with Crippen molar-refractivity contribution < 1.29 is 9.53 Å². The Kier molecular flexibility index (Phi) is 5.96. The summed E-state index contributed by atoms with van der Waals surface area (Å²) in [4.78, 5) is 28.8. The monoisotopic (exact) mass is 687 g/mol. The van der Waals surface area contributed by atoms with Gasteiger partial charge < -0.3 is 0 Å². The summed E-state index contributed by atoms with van der Waals surface area (Å²) in [6, 6.07) is 15.3. The van der Waals surface area contributed by atoms with Gasteiger partial charge in [0.1, 0.15) is 0 Å². The number of ether oxygens (including phenoxy) is 1. The fourth-order valence-electron chi connectivity index (χ4n) is 7.50. The Morgan fingerprint density at radius 2 is 2.05 bits per heavy atom. The molecule has 4 saturated heterocycles. The van der Waals surface area contributed by atoms with Gasteiger partial charge in [0.15, 0.2) is 0 Å². The summed E-state index contributed by atoms with van der Waals surface area (Å²) in [5, 5.41) is 4.08. The predicted molar refractivity (Wildman–Crippen MR) is 175 cm³/mol. The first-order valence-electron chi connectivity index (χ1n) is 15.3. The molecule has 0 radical (unpaired) electrons. The number of rotatable bonds is 6. The minimum absolute atomic E-state index is 0.0668. The number of benzene rings is 1. The van der Waals surface area contributed by atoms with Gasteiger partial charge in [-0.15, -0.1) is 0 Å². The maximum absolute atomic E-state index is 12.3. The van der Waals surface area contributed by atoms with Crippen LogP contribution in [-0.4, -0.2) is 68.0 Å². The third kappa shape index (κ3) is 4.09. The van der Waals surface area contributed by atoms with Gasteiger partial charge in [0.2, 0.25) is 0 Å². The van der Waals surface area contributed by atoms with Crippen molar-refractivity contribution in [1.82, 2.24) is 29.7 Å². The van der Waals surface area contributed by atoms with E-state index >= 15 is 0 Å². The van der Waals surface area contributed by atoms with Gasteiger partial charge in [-0.05, 0) is 12.8 Å². The van der Waals surface area contributed by atoms with Gasteiger partial charge in [-0.25, -0.2) is 0 Å². The molecule has 2 unspecified atom stereocenters. The van der Waals surface area contributed by atoms with Crippen molar-refractivity contribution in [3.63, 3.8) is 0 Å². The Morgan fingerprint density at radius 3 is 2.86 bits per heavy atom. The third-order valence-electron chi connectivity index (χ3n) is 9.79. The maximum atomic E-state index is 12.3. The van der Waals surface area contributed by atoms with E-state index in [1.54, 1.807) is 6.20 Å². The van der Waals surface area contributed by atoms with Crippen LogP contribution in [0.1, 0.15) is 48.0 Å². The molecule has 2 aliphatic carbocycles. The van der Waals surface area contributed by atoms with Gasteiger partial charge in [-0.2, -0.15) is 0 Å². The fraction of sp³-hybridized carbons (Fsp3) is 0.394. The van der Waals surface area contributed by atoms with Gasteiger partial charge in [-0.1, -0.05) is 0 Å². The number of nitrogens with zero attached hydrogens (tertiary/aromatic N) is 5. The van der Waals surface area contributed by atoms with Gasteiger partial charge in [-0.3, -0.25) is 0 Å². The van der Waals surface area contributed by atoms with E-state index < -0.39 is 19.8 Å². The molecule has 10 heteroatoms. The number of hydrogen-bond donors (Lipinski definition) is 2. The molecule has 1 amide bonds. The van der Waals surface area contributed by atoms with Gasteiger partial charge >= 0.3 is 239 Å². The minimum atomic E-state index is -1.30. The average molecular weight is 688 g/mol. The zero-order valence-electron chi connectivity index (χ0n) is 23.8. The zero-order chi connectivity index (χ0) is 28.8. The molecule has 9 nitrogen and oxygen atoms in total. The first-order chi connectivity index (χ1) is 21.1. The number of carbonyl (C=O) groups is 1. The van der Waals surface area contributed by atoms with Crippen molar-refractivity contribution in [2.75, 3.05) is 25.4 Å². The summed E-state index contributed by atoms with van der Waals surface area (Å²) in [5.41, 5.74) is 13.9. The number of aromatic nitrogens is 4. The first-order valence-corrected chi connectivity index (χ1v) is 19.0. The standard InChI is InChI=1S/C33H34IN7O2/c1-2-28(42)40-15-20-17-43-29-24(16-40)34(20)30(29)37-26-10-7-19-14-21(8-9-22(19)26)41-32(23-4-3-13-36-31(23)35)39-27-12-11-25(18-5-6-18)38-33(27)41/h2-4,8-9,11-14,18,20,24,26,29-30,37H,1,5-7,10,15-17H2,(H2,35,36)/t20-,24+,26+,29?,30?/m1/s1. The molecule has 5 fully saturated rings. The van der Waals surface area contributed by atoms with E-state index in [9.17, 15) is 4.79 Å². The number of alkyl halides is 3. The number of fused-ring (bicyclic) bond motifs is 3. The number of anilines is 1. The van der Waals surface area contributed by atoms with Crippen molar-refractivity contribution in [3.8, 4) is 17.1 Å². The number of aryl methyl sites for hydroxylation is 1. The molecule has 1 aromatic carbocycles. The van der Waals surface area contributed by atoms with Gasteiger partial charge in [0.25, 0.3) is 0 Å². The molecule has 3 N–H and O–H groups in total. The van der Waals surface area contributed by atoms with Crippen molar-refractivity contribution in [1.29, 1.82) is 0 Å². The topological polar surface area (TPSA) is 111 Å². The molecule has 7 heterocycles. The Morgan fingerprint density at radius 1 is 1.14 bits per heavy atom.